The van der Waals surface area contributed by atoms with E-state index in [-0.39, 0.29) is 11.3 Å². The number of allylic oxidation sites excluding steroid dienone is 2. The number of nitrogens with zero attached hydrogens (tertiary/aromatic N) is 1. The second-order valence-corrected chi connectivity index (χ2v) is 8.85. The molecule has 3 unspecified atom stereocenters. The predicted molar refractivity (Wildman–Crippen MR) is 102 cm³/mol. The second-order valence-electron chi connectivity index (χ2n) is 8.85. The Morgan fingerprint density at radius 1 is 1.08 bits per heavy atom. The number of carbonyl (C=O) groups is 2. The fourth-order valence-corrected chi connectivity index (χ4v) is 5.47. The molecule has 2 fully saturated rings. The average Bonchev–Trinajstić information content (AvgIpc) is 2.91. The zero-order valence-corrected chi connectivity index (χ0v) is 15.9. The summed E-state index contributed by atoms with van der Waals surface area (Å²) in [5, 5.41) is 0. The summed E-state index contributed by atoms with van der Waals surface area (Å²) in [5.41, 5.74) is 2.25. The molecule has 0 spiro atoms. The number of hydrogen-bond acceptors (Lipinski definition) is 2. The van der Waals surface area contributed by atoms with Gasteiger partial charge in [-0.25, -0.2) is 0 Å². The molecule has 3 heteroatoms. The minimum Gasteiger partial charge on any atom is -0.312 e. The van der Waals surface area contributed by atoms with Gasteiger partial charge < -0.3 is 4.90 Å². The van der Waals surface area contributed by atoms with Crippen LogP contribution in [-0.4, -0.2) is 16.6 Å². The van der Waals surface area contributed by atoms with Gasteiger partial charge in [0.1, 0.15) is 5.78 Å². The Kier molecular flexibility index (Phi) is 4.50. The normalized spacial score (nSPS) is 30.9. The van der Waals surface area contributed by atoms with Gasteiger partial charge in [-0.15, -0.1) is 0 Å². The molecule has 4 rings (SSSR count). The maximum absolute atomic E-state index is 12.6. The van der Waals surface area contributed by atoms with Gasteiger partial charge in [-0.2, -0.15) is 0 Å². The summed E-state index contributed by atoms with van der Waals surface area (Å²) in [6.45, 7) is 4.96. The van der Waals surface area contributed by atoms with Crippen molar-refractivity contribution in [3.8, 4) is 0 Å². The number of piperidine rings is 1. The number of amides is 1. The molecular formula is C23H29NO2. The molecule has 26 heavy (non-hydrogen) atoms. The van der Waals surface area contributed by atoms with E-state index in [4.69, 9.17) is 0 Å². The molecule has 138 valence electrons. The first kappa shape index (κ1) is 17.5. The number of carbonyl (C=O) groups excluding carboxylic acids is 2. The molecule has 0 bridgehead atoms. The number of rotatable bonds is 3. The molecular weight excluding hydrogens is 322 g/mol. The molecule has 0 N–H and O–H groups in total. The van der Waals surface area contributed by atoms with E-state index in [1.165, 1.54) is 11.3 Å². The Labute approximate surface area is 156 Å². The summed E-state index contributed by atoms with van der Waals surface area (Å²) >= 11 is 0. The Hall–Kier alpha value is -1.90. The lowest BCUT2D eigenvalue weighted by Crippen LogP contribution is -2.41. The Morgan fingerprint density at radius 2 is 1.85 bits per heavy atom. The van der Waals surface area contributed by atoms with Gasteiger partial charge in [0.15, 0.2) is 0 Å². The molecule has 1 aliphatic heterocycles. The lowest BCUT2D eigenvalue weighted by molar-refractivity contribution is -0.132. The monoisotopic (exact) mass is 351 g/mol. The van der Waals surface area contributed by atoms with Crippen molar-refractivity contribution in [3.63, 3.8) is 0 Å². The predicted octanol–water partition coefficient (Wildman–Crippen LogP) is 4.72. The standard InChI is InChI=1S/C23H29NO2/c1-23(2)19(10-12-21(23)25)17-8-11-20-18(14-17)9-13-22(26)24(20)15-16-6-4-3-5-7-16/h3-7,11,17-19H,8-10,12-15H2,1-2H3. The van der Waals surface area contributed by atoms with Crippen molar-refractivity contribution in [2.24, 2.45) is 23.2 Å². The number of fused-ring (bicyclic) bond motifs is 1. The molecule has 1 aromatic rings. The number of Topliss-reactive ketones (excluding diaryl/α,β-unsaturated/α-hetero) is 1. The first-order valence-corrected chi connectivity index (χ1v) is 10.0. The number of hydrogen-bond donors (Lipinski definition) is 0. The zero-order valence-electron chi connectivity index (χ0n) is 15.9. The maximum Gasteiger partial charge on any atom is 0.227 e. The van der Waals surface area contributed by atoms with Crippen LogP contribution >= 0.6 is 0 Å². The van der Waals surface area contributed by atoms with Gasteiger partial charge in [-0.05, 0) is 49.0 Å². The number of benzene rings is 1. The summed E-state index contributed by atoms with van der Waals surface area (Å²) in [7, 11) is 0. The highest BCUT2D eigenvalue weighted by Gasteiger charge is 2.47. The van der Waals surface area contributed by atoms with Crippen LogP contribution < -0.4 is 0 Å². The minimum atomic E-state index is -0.176. The van der Waals surface area contributed by atoms with Crippen LogP contribution in [0, 0.1) is 23.2 Å². The van der Waals surface area contributed by atoms with E-state index < -0.39 is 0 Å². The fraction of sp³-hybridized carbons (Fsp3) is 0.565. The van der Waals surface area contributed by atoms with E-state index in [0.29, 0.717) is 36.5 Å². The van der Waals surface area contributed by atoms with Crippen molar-refractivity contribution in [1.82, 2.24) is 4.90 Å². The van der Waals surface area contributed by atoms with Gasteiger partial charge in [-0.3, -0.25) is 9.59 Å². The topological polar surface area (TPSA) is 37.4 Å². The highest BCUT2D eigenvalue weighted by atomic mass is 16.2. The fourth-order valence-electron chi connectivity index (χ4n) is 5.47. The van der Waals surface area contributed by atoms with Crippen LogP contribution in [0.4, 0.5) is 0 Å². The van der Waals surface area contributed by atoms with Crippen LogP contribution in [0.25, 0.3) is 0 Å². The van der Waals surface area contributed by atoms with E-state index in [1.807, 2.05) is 23.1 Å². The molecule has 1 heterocycles. The van der Waals surface area contributed by atoms with E-state index in [9.17, 15) is 9.59 Å². The largest absolute Gasteiger partial charge is 0.312 e. The summed E-state index contributed by atoms with van der Waals surface area (Å²) in [6, 6.07) is 10.3. The highest BCUT2D eigenvalue weighted by Crippen LogP contribution is 2.50. The van der Waals surface area contributed by atoms with Gasteiger partial charge in [-0.1, -0.05) is 50.3 Å². The average molecular weight is 351 g/mol. The lowest BCUT2D eigenvalue weighted by atomic mass is 9.67. The van der Waals surface area contributed by atoms with Crippen molar-refractivity contribution in [2.45, 2.75) is 58.9 Å². The first-order chi connectivity index (χ1) is 12.5. The Morgan fingerprint density at radius 3 is 2.54 bits per heavy atom. The molecule has 1 amide bonds. The van der Waals surface area contributed by atoms with Crippen LogP contribution in [0.5, 0.6) is 0 Å². The van der Waals surface area contributed by atoms with Gasteiger partial charge in [0.25, 0.3) is 0 Å². The van der Waals surface area contributed by atoms with Crippen molar-refractivity contribution < 1.29 is 9.59 Å². The van der Waals surface area contributed by atoms with Gasteiger partial charge >= 0.3 is 0 Å². The van der Waals surface area contributed by atoms with Crippen molar-refractivity contribution >= 4 is 11.7 Å². The molecule has 3 nitrogen and oxygen atoms in total. The number of ketones is 1. The molecule has 0 aromatic heterocycles. The molecule has 1 aromatic carbocycles. The van der Waals surface area contributed by atoms with E-state index in [2.05, 4.69) is 32.1 Å². The summed E-state index contributed by atoms with van der Waals surface area (Å²) in [4.78, 5) is 26.9. The second kappa shape index (κ2) is 6.68. The molecule has 3 atom stereocenters. The van der Waals surface area contributed by atoms with Crippen LogP contribution in [0.2, 0.25) is 0 Å². The molecule has 0 radical (unpaired) electrons. The molecule has 2 aliphatic carbocycles. The van der Waals surface area contributed by atoms with Gasteiger partial charge in [0.2, 0.25) is 5.91 Å². The summed E-state index contributed by atoms with van der Waals surface area (Å²) in [5.74, 6) is 2.24. The lowest BCUT2D eigenvalue weighted by Gasteiger charge is -2.43. The minimum absolute atomic E-state index is 0.176. The molecule has 3 aliphatic rings. The van der Waals surface area contributed by atoms with Crippen LogP contribution in [-0.2, 0) is 16.1 Å². The summed E-state index contributed by atoms with van der Waals surface area (Å²) < 4.78 is 0. The highest BCUT2D eigenvalue weighted by molar-refractivity contribution is 5.86. The van der Waals surface area contributed by atoms with Gasteiger partial charge in [0, 0.05) is 24.0 Å². The Bertz CT molecular complexity index is 734. The van der Waals surface area contributed by atoms with E-state index in [1.54, 1.807) is 0 Å². The third-order valence-corrected chi connectivity index (χ3v) is 7.04. The molecule has 1 saturated heterocycles. The summed E-state index contributed by atoms with van der Waals surface area (Å²) in [6.07, 6.45) is 7.85. The van der Waals surface area contributed by atoms with Crippen molar-refractivity contribution in [3.05, 3.63) is 47.7 Å². The smallest absolute Gasteiger partial charge is 0.227 e. The quantitative estimate of drug-likeness (QED) is 0.790. The zero-order chi connectivity index (χ0) is 18.3. The van der Waals surface area contributed by atoms with Crippen LogP contribution in [0.1, 0.15) is 57.9 Å². The molecule has 1 saturated carbocycles. The first-order valence-electron chi connectivity index (χ1n) is 10.0. The maximum atomic E-state index is 12.6. The van der Waals surface area contributed by atoms with Crippen LogP contribution in [0.3, 0.4) is 0 Å². The van der Waals surface area contributed by atoms with Crippen molar-refractivity contribution in [2.75, 3.05) is 0 Å². The van der Waals surface area contributed by atoms with E-state index in [0.717, 1.165) is 32.1 Å². The van der Waals surface area contributed by atoms with Crippen LogP contribution in [0.15, 0.2) is 42.1 Å². The number of likely N-dealkylation sites (tertiary alicyclic amines) is 1. The van der Waals surface area contributed by atoms with Crippen molar-refractivity contribution in [1.29, 1.82) is 0 Å². The Balaban J connectivity index is 1.54. The van der Waals surface area contributed by atoms with Gasteiger partial charge in [0.05, 0.1) is 6.54 Å². The SMILES string of the molecule is CC1(C)C(=O)CCC1C1CC=C2C(CCC(=O)N2Cc2ccccc2)C1. The van der Waals surface area contributed by atoms with E-state index >= 15 is 0 Å². The third kappa shape index (κ3) is 3.02. The third-order valence-electron chi connectivity index (χ3n) is 7.04.